The average molecular weight is 993 g/mol. The molecule has 0 spiro atoms. The fraction of sp³-hybridized carbons (Fsp3) is 0.0423. The highest BCUT2D eigenvalue weighted by Gasteiger charge is 2.21. The number of aromatic nitrogens is 2. The molecule has 368 valence electrons. The molecule has 2 aromatic heterocycles. The van der Waals surface area contributed by atoms with E-state index in [0.29, 0.717) is 11.1 Å². The molecule has 77 heavy (non-hydrogen) atoms. The zero-order valence-corrected chi connectivity index (χ0v) is 42.2. The number of hydrogen-bond donors (Lipinski definition) is 0. The molecule has 0 aliphatic carbocycles. The molecule has 0 aliphatic rings. The van der Waals surface area contributed by atoms with Gasteiger partial charge >= 0.3 is 0 Å². The van der Waals surface area contributed by atoms with Gasteiger partial charge in [-0.05, 0) is 181 Å². The molecule has 0 saturated carbocycles. The highest BCUT2D eigenvalue weighted by molar-refractivity contribution is 6.11. The van der Waals surface area contributed by atoms with Crippen LogP contribution in [0, 0.1) is 0 Å². The fourth-order valence-corrected chi connectivity index (χ4v) is 11.4. The molecule has 0 amide bonds. The van der Waals surface area contributed by atoms with Crippen LogP contribution in [-0.4, -0.2) is 21.7 Å². The van der Waals surface area contributed by atoms with Crippen molar-refractivity contribution in [3.63, 3.8) is 0 Å². The number of fused-ring (bicyclic) bond motifs is 6. The van der Waals surface area contributed by atoms with Crippen molar-refractivity contribution in [2.75, 3.05) is 9.80 Å². The van der Waals surface area contributed by atoms with Gasteiger partial charge in [-0.3, -0.25) is 9.59 Å². The molecule has 13 rings (SSSR count). The van der Waals surface area contributed by atoms with Gasteiger partial charge in [-0.2, -0.15) is 0 Å². The van der Waals surface area contributed by atoms with Crippen LogP contribution in [-0.2, 0) is 6.42 Å². The molecule has 1 atom stereocenters. The maximum absolute atomic E-state index is 11.5. The SMILES string of the molecule is O=Cc1ccc(-n2c3ccccc3c3cc(C(CCc4ccc(N(c5ccccc5)c5ccc(N(c6ccccc6)c6ccc7c(c6)c6ccccc6n7-c6ccc(C=O)cc6)cc5)cc4)c4ccccc4)ccc32)cc1. The lowest BCUT2D eigenvalue weighted by Gasteiger charge is -2.28. The van der Waals surface area contributed by atoms with Gasteiger partial charge in [-0.1, -0.05) is 121 Å². The standard InChI is InChI=1S/C71H52N4O2/c76-48-51-26-34-60(35-27-51)74-68-22-12-10-20-64(68)66-46-54(31-44-70(66)74)63(53-14-4-1-5-15-53)43-30-50-24-32-57(33-25-50)72(55-16-6-2-7-17-55)58-38-40-59(41-39-58)73(56-18-8-3-9-19-56)62-42-45-71-67(47-62)65-21-11-13-23-69(65)75(71)61-36-28-52(49-77)29-37-61/h1-29,31-42,44-49,63H,30,43H2. The Hall–Kier alpha value is -10.0. The molecule has 2 heterocycles. The number of benzene rings is 11. The predicted molar refractivity (Wildman–Crippen MR) is 318 cm³/mol. The van der Waals surface area contributed by atoms with Crippen LogP contribution in [0.25, 0.3) is 55.0 Å². The van der Waals surface area contributed by atoms with Crippen molar-refractivity contribution in [2.45, 2.75) is 18.8 Å². The van der Waals surface area contributed by atoms with E-state index in [4.69, 9.17) is 0 Å². The fourth-order valence-electron chi connectivity index (χ4n) is 11.4. The van der Waals surface area contributed by atoms with E-state index in [1.165, 1.54) is 27.5 Å². The first-order valence-corrected chi connectivity index (χ1v) is 26.2. The van der Waals surface area contributed by atoms with E-state index in [2.05, 4.69) is 243 Å². The summed E-state index contributed by atoms with van der Waals surface area (Å²) < 4.78 is 4.58. The molecule has 0 aliphatic heterocycles. The van der Waals surface area contributed by atoms with Gasteiger partial charge in [-0.25, -0.2) is 0 Å². The molecular weight excluding hydrogens is 941 g/mol. The van der Waals surface area contributed by atoms with Crippen LogP contribution < -0.4 is 9.80 Å². The maximum Gasteiger partial charge on any atom is 0.150 e. The molecule has 6 nitrogen and oxygen atoms in total. The Kier molecular flexibility index (Phi) is 12.3. The monoisotopic (exact) mass is 992 g/mol. The third kappa shape index (κ3) is 8.81. The minimum atomic E-state index is 0.180. The lowest BCUT2D eigenvalue weighted by molar-refractivity contribution is 0.111. The van der Waals surface area contributed by atoms with Crippen molar-refractivity contribution in [3.8, 4) is 11.4 Å². The van der Waals surface area contributed by atoms with Crippen molar-refractivity contribution in [3.05, 3.63) is 301 Å². The summed E-state index contributed by atoms with van der Waals surface area (Å²) in [5, 5.41) is 4.72. The summed E-state index contributed by atoms with van der Waals surface area (Å²) in [6.07, 6.45) is 3.62. The number of carbonyl (C=O) groups excluding carboxylic acids is 2. The largest absolute Gasteiger partial charge is 0.311 e. The maximum atomic E-state index is 11.5. The lowest BCUT2D eigenvalue weighted by atomic mass is 9.85. The number of aryl methyl sites for hydroxylation is 1. The van der Waals surface area contributed by atoms with E-state index < -0.39 is 0 Å². The second-order valence-electron chi connectivity index (χ2n) is 19.6. The van der Waals surface area contributed by atoms with Gasteiger partial charge < -0.3 is 18.9 Å². The normalized spacial score (nSPS) is 11.8. The summed E-state index contributed by atoms with van der Waals surface area (Å²) in [5.41, 5.74) is 18.1. The molecule has 6 heteroatoms. The quantitative estimate of drug-likeness (QED) is 0.0961. The van der Waals surface area contributed by atoms with Gasteiger partial charge in [0.2, 0.25) is 0 Å². The van der Waals surface area contributed by atoms with E-state index in [-0.39, 0.29) is 5.92 Å². The molecule has 0 N–H and O–H groups in total. The Morgan fingerprint density at radius 1 is 0.325 bits per heavy atom. The highest BCUT2D eigenvalue weighted by Crippen LogP contribution is 2.43. The van der Waals surface area contributed by atoms with Crippen LogP contribution >= 0.6 is 0 Å². The van der Waals surface area contributed by atoms with Crippen LogP contribution in [0.15, 0.2) is 273 Å². The second kappa shape index (κ2) is 20.3. The van der Waals surface area contributed by atoms with E-state index in [1.807, 2.05) is 48.5 Å². The van der Waals surface area contributed by atoms with Crippen LogP contribution in [0.5, 0.6) is 0 Å². The van der Waals surface area contributed by atoms with E-state index in [9.17, 15) is 9.59 Å². The van der Waals surface area contributed by atoms with Crippen molar-refractivity contribution in [1.82, 2.24) is 9.13 Å². The second-order valence-corrected chi connectivity index (χ2v) is 19.6. The van der Waals surface area contributed by atoms with Gasteiger partial charge in [0.15, 0.2) is 0 Å². The van der Waals surface area contributed by atoms with Gasteiger partial charge in [0.05, 0.1) is 22.1 Å². The third-order valence-electron chi connectivity index (χ3n) is 15.1. The Labute approximate surface area is 447 Å². The molecule has 13 aromatic rings. The first kappa shape index (κ1) is 46.7. The lowest BCUT2D eigenvalue weighted by Crippen LogP contribution is -2.12. The first-order valence-electron chi connectivity index (χ1n) is 26.2. The number of hydrogen-bond acceptors (Lipinski definition) is 4. The van der Waals surface area contributed by atoms with E-state index >= 15 is 0 Å². The van der Waals surface area contributed by atoms with E-state index in [0.717, 1.165) is 104 Å². The summed E-state index contributed by atoms with van der Waals surface area (Å²) >= 11 is 0. The summed E-state index contributed by atoms with van der Waals surface area (Å²) in [6.45, 7) is 0. The topological polar surface area (TPSA) is 50.5 Å². The van der Waals surface area contributed by atoms with Crippen LogP contribution in [0.2, 0.25) is 0 Å². The van der Waals surface area contributed by atoms with Crippen molar-refractivity contribution in [1.29, 1.82) is 0 Å². The first-order chi connectivity index (χ1) is 38.1. The van der Waals surface area contributed by atoms with Gasteiger partial charge in [0.1, 0.15) is 12.6 Å². The zero-order chi connectivity index (χ0) is 51.7. The van der Waals surface area contributed by atoms with Gasteiger partial charge in [0.25, 0.3) is 0 Å². The van der Waals surface area contributed by atoms with Crippen molar-refractivity contribution < 1.29 is 9.59 Å². The summed E-state index contributed by atoms with van der Waals surface area (Å²) in [5.74, 6) is 0.180. The number of anilines is 6. The van der Waals surface area contributed by atoms with Crippen LogP contribution in [0.1, 0.15) is 49.7 Å². The number of para-hydroxylation sites is 4. The summed E-state index contributed by atoms with van der Waals surface area (Å²) in [7, 11) is 0. The zero-order valence-electron chi connectivity index (χ0n) is 42.2. The van der Waals surface area contributed by atoms with Gasteiger partial charge in [0, 0.05) is 84.1 Å². The number of aldehydes is 2. The summed E-state index contributed by atoms with van der Waals surface area (Å²) in [6, 6.07) is 96.5. The minimum Gasteiger partial charge on any atom is -0.311 e. The Balaban J connectivity index is 0.810. The smallest absolute Gasteiger partial charge is 0.150 e. The Morgan fingerprint density at radius 3 is 1.22 bits per heavy atom. The summed E-state index contributed by atoms with van der Waals surface area (Å²) in [4.78, 5) is 27.7. The van der Waals surface area contributed by atoms with Crippen LogP contribution in [0.4, 0.5) is 34.1 Å². The highest BCUT2D eigenvalue weighted by atomic mass is 16.1. The number of rotatable bonds is 15. The molecule has 11 aromatic carbocycles. The molecular formula is C71H52N4O2. The van der Waals surface area contributed by atoms with Gasteiger partial charge in [-0.15, -0.1) is 0 Å². The predicted octanol–water partition coefficient (Wildman–Crippen LogP) is 18.2. The molecule has 1 unspecified atom stereocenters. The third-order valence-corrected chi connectivity index (χ3v) is 15.1. The Bertz CT molecular complexity index is 4230. The molecule has 0 radical (unpaired) electrons. The minimum absolute atomic E-state index is 0.180. The molecule has 0 fully saturated rings. The van der Waals surface area contributed by atoms with Crippen molar-refractivity contribution in [2.24, 2.45) is 0 Å². The van der Waals surface area contributed by atoms with Crippen LogP contribution in [0.3, 0.4) is 0 Å². The van der Waals surface area contributed by atoms with Crippen molar-refractivity contribution >= 4 is 90.3 Å². The molecule has 0 saturated heterocycles. The van der Waals surface area contributed by atoms with E-state index in [1.54, 1.807) is 0 Å². The average Bonchev–Trinajstić information content (AvgIpc) is 4.16. The molecule has 0 bridgehead atoms. The number of carbonyl (C=O) groups is 2. The number of nitrogens with zero attached hydrogens (tertiary/aromatic N) is 4. The Morgan fingerprint density at radius 2 is 0.714 bits per heavy atom.